The maximum Gasteiger partial charge on any atom is 0.223 e. The van der Waals surface area contributed by atoms with Crippen molar-refractivity contribution in [1.29, 1.82) is 0 Å². The zero-order valence-electron chi connectivity index (χ0n) is 16.2. The van der Waals surface area contributed by atoms with Crippen LogP contribution < -0.4 is 5.32 Å². The molecule has 2 heterocycles. The fourth-order valence-corrected chi connectivity index (χ4v) is 3.79. The summed E-state index contributed by atoms with van der Waals surface area (Å²) in [5.41, 5.74) is 0. The van der Waals surface area contributed by atoms with Gasteiger partial charge in [-0.3, -0.25) is 9.59 Å². The first kappa shape index (κ1) is 21.7. The number of likely N-dealkylation sites (tertiary alicyclic amines) is 1. The van der Waals surface area contributed by atoms with Crippen molar-refractivity contribution in [1.82, 2.24) is 19.8 Å². The van der Waals surface area contributed by atoms with Crippen molar-refractivity contribution >= 4 is 23.6 Å². The monoisotopic (exact) mass is 398 g/mol. The summed E-state index contributed by atoms with van der Waals surface area (Å²) in [6.45, 7) is 4.62. The Morgan fingerprint density at radius 2 is 2.11 bits per heavy atom. The molecule has 0 spiro atoms. The van der Waals surface area contributed by atoms with E-state index in [1.807, 2.05) is 15.7 Å². The van der Waals surface area contributed by atoms with Crippen LogP contribution in [0.2, 0.25) is 0 Å². The summed E-state index contributed by atoms with van der Waals surface area (Å²) in [5, 5.41) is 2.72. The fourth-order valence-electron chi connectivity index (χ4n) is 3.02. The lowest BCUT2D eigenvalue weighted by Gasteiger charge is -2.32. The molecule has 1 N–H and O–H groups in total. The molecule has 2 rings (SSSR count). The quantitative estimate of drug-likeness (QED) is 0.448. The molecule has 0 bridgehead atoms. The number of thioether (sulfide) groups is 1. The van der Waals surface area contributed by atoms with Gasteiger partial charge in [-0.2, -0.15) is 0 Å². The van der Waals surface area contributed by atoms with Gasteiger partial charge in [0, 0.05) is 57.6 Å². The molecule has 0 atom stereocenters. The van der Waals surface area contributed by atoms with E-state index in [1.165, 1.54) is 6.92 Å². The standard InChI is InChI=1S/C18H30N4O4S/c1-15(23)20-13-27-12-5-17(24)21-7-3-16(4-8-21)18-19-6-9-22(18)14-26-11-10-25-2/h6,9,16H,3-5,7-8,10-14H2,1-2H3,(H,20,23). The summed E-state index contributed by atoms with van der Waals surface area (Å²) in [5.74, 6) is 2.81. The molecule has 152 valence electrons. The first-order valence-electron chi connectivity index (χ1n) is 9.29. The first-order valence-corrected chi connectivity index (χ1v) is 10.4. The summed E-state index contributed by atoms with van der Waals surface area (Å²) < 4.78 is 12.6. The van der Waals surface area contributed by atoms with Crippen molar-refractivity contribution in [2.24, 2.45) is 0 Å². The highest BCUT2D eigenvalue weighted by Crippen LogP contribution is 2.27. The number of carbonyl (C=O) groups excluding carboxylic acids is 2. The Morgan fingerprint density at radius 1 is 1.33 bits per heavy atom. The summed E-state index contributed by atoms with van der Waals surface area (Å²) in [4.78, 5) is 29.6. The first-order chi connectivity index (χ1) is 13.1. The van der Waals surface area contributed by atoms with Crippen LogP contribution in [-0.4, -0.2) is 71.3 Å². The van der Waals surface area contributed by atoms with Gasteiger partial charge in [0.05, 0.1) is 19.1 Å². The minimum absolute atomic E-state index is 0.0432. The smallest absolute Gasteiger partial charge is 0.223 e. The Balaban J connectivity index is 1.70. The Labute approximate surface area is 165 Å². The van der Waals surface area contributed by atoms with E-state index in [0.717, 1.165) is 37.5 Å². The Bertz CT molecular complexity index is 588. The highest BCUT2D eigenvalue weighted by Gasteiger charge is 2.26. The number of ether oxygens (including phenoxy) is 2. The van der Waals surface area contributed by atoms with Gasteiger partial charge in [-0.25, -0.2) is 4.98 Å². The van der Waals surface area contributed by atoms with Gasteiger partial charge >= 0.3 is 0 Å². The summed E-state index contributed by atoms with van der Waals surface area (Å²) >= 11 is 1.57. The van der Waals surface area contributed by atoms with E-state index in [4.69, 9.17) is 9.47 Å². The normalized spacial score (nSPS) is 15.1. The molecule has 8 nitrogen and oxygen atoms in total. The van der Waals surface area contributed by atoms with Crippen LogP contribution in [0.15, 0.2) is 12.4 Å². The number of piperidine rings is 1. The average molecular weight is 399 g/mol. The van der Waals surface area contributed by atoms with Crippen LogP contribution in [0.4, 0.5) is 0 Å². The number of hydrogen-bond acceptors (Lipinski definition) is 6. The van der Waals surface area contributed by atoms with Crippen molar-refractivity contribution in [3.8, 4) is 0 Å². The molecule has 1 fully saturated rings. The van der Waals surface area contributed by atoms with E-state index in [1.54, 1.807) is 25.1 Å². The molecule has 0 aliphatic carbocycles. The Morgan fingerprint density at radius 3 is 2.81 bits per heavy atom. The lowest BCUT2D eigenvalue weighted by atomic mass is 9.96. The molecule has 2 amide bonds. The molecular formula is C18H30N4O4S. The molecule has 1 aromatic rings. The third kappa shape index (κ3) is 7.51. The number of amides is 2. The SMILES string of the molecule is COCCOCn1ccnc1C1CCN(C(=O)CCSCNC(C)=O)CC1. The molecular weight excluding hydrogens is 368 g/mol. The number of hydrogen-bond donors (Lipinski definition) is 1. The Hall–Kier alpha value is -1.58. The van der Waals surface area contributed by atoms with Crippen LogP contribution in [-0.2, 0) is 25.8 Å². The second-order valence-corrected chi connectivity index (χ2v) is 7.58. The molecule has 27 heavy (non-hydrogen) atoms. The second-order valence-electron chi connectivity index (χ2n) is 6.48. The van der Waals surface area contributed by atoms with Crippen LogP contribution >= 0.6 is 11.8 Å². The molecule has 9 heteroatoms. The highest BCUT2D eigenvalue weighted by atomic mass is 32.2. The van der Waals surface area contributed by atoms with Crippen molar-refractivity contribution in [2.45, 2.75) is 38.8 Å². The molecule has 1 aliphatic heterocycles. The van der Waals surface area contributed by atoms with E-state index >= 15 is 0 Å². The predicted octanol–water partition coefficient (Wildman–Crippen LogP) is 1.43. The number of nitrogens with one attached hydrogen (secondary N) is 1. The molecule has 0 saturated carbocycles. The largest absolute Gasteiger partial charge is 0.382 e. The van der Waals surface area contributed by atoms with E-state index in [2.05, 4.69) is 10.3 Å². The van der Waals surface area contributed by atoms with E-state index in [0.29, 0.717) is 38.2 Å². The number of rotatable bonds is 11. The lowest BCUT2D eigenvalue weighted by Crippen LogP contribution is -2.38. The predicted molar refractivity (Wildman–Crippen MR) is 104 cm³/mol. The maximum atomic E-state index is 12.3. The van der Waals surface area contributed by atoms with E-state index in [9.17, 15) is 9.59 Å². The van der Waals surface area contributed by atoms with Crippen LogP contribution in [0.1, 0.15) is 37.9 Å². The van der Waals surface area contributed by atoms with Crippen LogP contribution in [0.25, 0.3) is 0 Å². The van der Waals surface area contributed by atoms with Gasteiger partial charge in [0.25, 0.3) is 0 Å². The minimum Gasteiger partial charge on any atom is -0.382 e. The molecule has 1 saturated heterocycles. The zero-order chi connectivity index (χ0) is 19.5. The van der Waals surface area contributed by atoms with Gasteiger partial charge < -0.3 is 24.3 Å². The topological polar surface area (TPSA) is 85.7 Å². The number of methoxy groups -OCH3 is 1. The van der Waals surface area contributed by atoms with Gasteiger partial charge in [-0.15, -0.1) is 11.8 Å². The third-order valence-corrected chi connectivity index (χ3v) is 5.35. The number of carbonyl (C=O) groups is 2. The fraction of sp³-hybridized carbons (Fsp3) is 0.722. The number of nitrogens with zero attached hydrogens (tertiary/aromatic N) is 3. The summed E-state index contributed by atoms with van der Waals surface area (Å²) in [6.07, 6.45) is 6.08. The van der Waals surface area contributed by atoms with Crippen molar-refractivity contribution in [3.63, 3.8) is 0 Å². The number of aromatic nitrogens is 2. The van der Waals surface area contributed by atoms with E-state index < -0.39 is 0 Å². The Kier molecular flexibility index (Phi) is 9.65. The van der Waals surface area contributed by atoms with Crippen LogP contribution in [0.5, 0.6) is 0 Å². The second kappa shape index (κ2) is 12.0. The van der Waals surface area contributed by atoms with Crippen molar-refractivity contribution < 1.29 is 19.1 Å². The summed E-state index contributed by atoms with van der Waals surface area (Å²) in [6, 6.07) is 0. The molecule has 1 aromatic heterocycles. The van der Waals surface area contributed by atoms with Gasteiger partial charge in [0.2, 0.25) is 11.8 Å². The maximum absolute atomic E-state index is 12.3. The molecule has 0 unspecified atom stereocenters. The van der Waals surface area contributed by atoms with Gasteiger partial charge in [-0.05, 0) is 12.8 Å². The minimum atomic E-state index is -0.0432. The average Bonchev–Trinajstić information content (AvgIpc) is 3.13. The van der Waals surface area contributed by atoms with Gasteiger partial charge in [-0.1, -0.05) is 0 Å². The third-order valence-electron chi connectivity index (χ3n) is 4.51. The lowest BCUT2D eigenvalue weighted by molar-refractivity contribution is -0.131. The molecule has 0 radical (unpaired) electrons. The molecule has 0 aromatic carbocycles. The van der Waals surface area contributed by atoms with Crippen molar-refractivity contribution in [3.05, 3.63) is 18.2 Å². The molecule has 1 aliphatic rings. The summed E-state index contributed by atoms with van der Waals surface area (Å²) in [7, 11) is 1.66. The van der Waals surface area contributed by atoms with Crippen LogP contribution in [0.3, 0.4) is 0 Å². The number of imidazole rings is 1. The van der Waals surface area contributed by atoms with Gasteiger partial charge in [0.1, 0.15) is 12.6 Å². The zero-order valence-corrected chi connectivity index (χ0v) is 17.0. The van der Waals surface area contributed by atoms with Crippen molar-refractivity contribution in [2.75, 3.05) is 45.0 Å². The van der Waals surface area contributed by atoms with E-state index in [-0.39, 0.29) is 11.8 Å². The van der Waals surface area contributed by atoms with Crippen LogP contribution in [0, 0.1) is 0 Å². The highest BCUT2D eigenvalue weighted by molar-refractivity contribution is 7.99. The van der Waals surface area contributed by atoms with Gasteiger partial charge in [0.15, 0.2) is 0 Å².